The highest BCUT2D eigenvalue weighted by Gasteiger charge is 2.38. The Balaban J connectivity index is 2.16. The van der Waals surface area contributed by atoms with Crippen LogP contribution < -0.4 is 4.90 Å². The van der Waals surface area contributed by atoms with E-state index in [9.17, 15) is 4.79 Å². The number of carbonyl (C=O) groups excluding carboxylic acids is 1. The maximum Gasteiger partial charge on any atom is 0.259 e. The Bertz CT molecular complexity index is 1110. The zero-order valence-electron chi connectivity index (χ0n) is 18.7. The molecule has 1 aliphatic rings. The molecular formula is C25H30N4O. The predicted octanol–water partition coefficient (Wildman–Crippen LogP) is 5.91. The van der Waals surface area contributed by atoms with Gasteiger partial charge in [0.25, 0.3) is 5.91 Å². The van der Waals surface area contributed by atoms with Crippen molar-refractivity contribution in [2.45, 2.75) is 65.5 Å². The minimum absolute atomic E-state index is 0.000137. The number of nitrogens with zero attached hydrogens (tertiary/aromatic N) is 4. The van der Waals surface area contributed by atoms with Crippen molar-refractivity contribution in [1.29, 1.82) is 0 Å². The molecule has 5 nitrogen and oxygen atoms in total. The molecule has 0 atom stereocenters. The summed E-state index contributed by atoms with van der Waals surface area (Å²) in [6.07, 6.45) is 1.75. The molecule has 0 radical (unpaired) electrons. The maximum atomic E-state index is 13.9. The van der Waals surface area contributed by atoms with Gasteiger partial charge in [-0.2, -0.15) is 0 Å². The minimum atomic E-state index is -0.351. The second-order valence-corrected chi connectivity index (χ2v) is 9.23. The Morgan fingerprint density at radius 1 is 0.800 bits per heavy atom. The number of carbonyl (C=O) groups is 1. The lowest BCUT2D eigenvalue weighted by molar-refractivity contribution is 0.0961. The quantitative estimate of drug-likeness (QED) is 0.545. The molecule has 1 amide bonds. The highest BCUT2D eigenvalue weighted by Crippen LogP contribution is 2.45. The predicted molar refractivity (Wildman–Crippen MR) is 122 cm³/mol. The normalized spacial score (nSPS) is 13.9. The second-order valence-electron chi connectivity index (χ2n) is 9.23. The molecule has 1 aromatic heterocycles. The molecule has 0 aliphatic carbocycles. The first-order chi connectivity index (χ1) is 14.2. The molecule has 3 aromatic rings. The number of aromatic nitrogens is 3. The summed E-state index contributed by atoms with van der Waals surface area (Å²) in [7, 11) is 0. The zero-order chi connectivity index (χ0) is 21.7. The van der Waals surface area contributed by atoms with E-state index < -0.39 is 0 Å². The fourth-order valence-electron chi connectivity index (χ4n) is 4.01. The summed E-state index contributed by atoms with van der Waals surface area (Å²) in [5, 5.41) is 9.19. The van der Waals surface area contributed by atoms with Crippen LogP contribution in [0.4, 0.5) is 5.69 Å². The van der Waals surface area contributed by atoms with Crippen LogP contribution in [-0.4, -0.2) is 26.4 Å². The van der Waals surface area contributed by atoms with Crippen molar-refractivity contribution in [1.82, 2.24) is 15.0 Å². The number of amides is 1. The molecule has 156 valence electrons. The summed E-state index contributed by atoms with van der Waals surface area (Å²) in [6, 6.07) is 15.9. The van der Waals surface area contributed by atoms with Crippen LogP contribution in [0.15, 0.2) is 48.5 Å². The van der Waals surface area contributed by atoms with Gasteiger partial charge in [0, 0.05) is 22.2 Å². The van der Waals surface area contributed by atoms with Crippen molar-refractivity contribution >= 4 is 11.6 Å². The number of para-hydroxylation sites is 1. The van der Waals surface area contributed by atoms with Crippen molar-refractivity contribution in [2.24, 2.45) is 0 Å². The van der Waals surface area contributed by atoms with Gasteiger partial charge in [-0.15, -0.1) is 5.10 Å². The SMILES string of the molecule is CCC(C)(C)N1C(=O)c2ccccc2-c2nnn(C(C)(C)CC)c2-c2ccccc21. The Kier molecular flexibility index (Phi) is 4.80. The van der Waals surface area contributed by atoms with E-state index in [0.717, 1.165) is 41.0 Å². The van der Waals surface area contributed by atoms with E-state index in [1.807, 2.05) is 52.0 Å². The van der Waals surface area contributed by atoms with Gasteiger partial charge in [0.15, 0.2) is 0 Å². The smallest absolute Gasteiger partial charge is 0.259 e. The van der Waals surface area contributed by atoms with Gasteiger partial charge in [-0.3, -0.25) is 4.79 Å². The average Bonchev–Trinajstić information content (AvgIpc) is 3.18. The van der Waals surface area contributed by atoms with E-state index in [1.54, 1.807) is 0 Å². The highest BCUT2D eigenvalue weighted by atomic mass is 16.2. The number of benzene rings is 2. The lowest BCUT2D eigenvalue weighted by atomic mass is 9.89. The fourth-order valence-corrected chi connectivity index (χ4v) is 4.01. The molecule has 0 saturated carbocycles. The fraction of sp³-hybridized carbons (Fsp3) is 0.400. The first-order valence-corrected chi connectivity index (χ1v) is 10.7. The van der Waals surface area contributed by atoms with Crippen LogP contribution >= 0.6 is 0 Å². The van der Waals surface area contributed by atoms with Gasteiger partial charge in [0.05, 0.1) is 16.9 Å². The summed E-state index contributed by atoms with van der Waals surface area (Å²) in [5.74, 6) is -0.000137. The van der Waals surface area contributed by atoms with Gasteiger partial charge in [-0.05, 0) is 52.7 Å². The largest absolute Gasteiger partial charge is 0.302 e. The van der Waals surface area contributed by atoms with Crippen LogP contribution in [-0.2, 0) is 5.54 Å². The van der Waals surface area contributed by atoms with Gasteiger partial charge in [0.2, 0.25) is 0 Å². The van der Waals surface area contributed by atoms with E-state index in [2.05, 4.69) is 57.9 Å². The average molecular weight is 403 g/mol. The molecule has 0 fully saturated rings. The van der Waals surface area contributed by atoms with E-state index in [1.165, 1.54) is 0 Å². The molecule has 2 aromatic carbocycles. The lowest BCUT2D eigenvalue weighted by Gasteiger charge is -2.40. The van der Waals surface area contributed by atoms with E-state index in [0.29, 0.717) is 5.56 Å². The Morgan fingerprint density at radius 2 is 1.37 bits per heavy atom. The number of fused-ring (bicyclic) bond motifs is 5. The van der Waals surface area contributed by atoms with Crippen molar-refractivity contribution in [3.63, 3.8) is 0 Å². The van der Waals surface area contributed by atoms with Crippen LogP contribution in [0.25, 0.3) is 22.5 Å². The molecule has 0 N–H and O–H groups in total. The highest BCUT2D eigenvalue weighted by molar-refractivity contribution is 6.14. The summed E-state index contributed by atoms with van der Waals surface area (Å²) < 4.78 is 2.03. The third kappa shape index (κ3) is 2.95. The summed E-state index contributed by atoms with van der Waals surface area (Å²) >= 11 is 0. The molecular weight excluding hydrogens is 372 g/mol. The summed E-state index contributed by atoms with van der Waals surface area (Å²) in [5.41, 5.74) is 4.56. The Labute approximate surface area is 178 Å². The van der Waals surface area contributed by atoms with Crippen LogP contribution in [0.3, 0.4) is 0 Å². The molecule has 0 saturated heterocycles. The number of rotatable bonds is 4. The van der Waals surface area contributed by atoms with Crippen LogP contribution in [0.5, 0.6) is 0 Å². The van der Waals surface area contributed by atoms with Crippen LogP contribution in [0.2, 0.25) is 0 Å². The summed E-state index contributed by atoms with van der Waals surface area (Å²) in [4.78, 5) is 15.9. The third-order valence-electron chi connectivity index (χ3n) is 6.60. The lowest BCUT2D eigenvalue weighted by Crippen LogP contribution is -2.48. The second kappa shape index (κ2) is 7.08. The van der Waals surface area contributed by atoms with Gasteiger partial charge in [0.1, 0.15) is 5.69 Å². The van der Waals surface area contributed by atoms with Gasteiger partial charge in [-0.1, -0.05) is 55.5 Å². The minimum Gasteiger partial charge on any atom is -0.302 e. The standard InChI is InChI=1S/C25H30N4O/c1-7-24(3,4)28-20-16-12-11-15-19(20)22-21(26-27-29(22)25(5,6)8-2)17-13-9-10-14-18(17)23(28)30/h9-16H,7-8H2,1-6H3. The van der Waals surface area contributed by atoms with E-state index >= 15 is 0 Å². The first kappa shape index (κ1) is 20.3. The molecule has 1 aliphatic heterocycles. The van der Waals surface area contributed by atoms with Crippen molar-refractivity contribution in [3.8, 4) is 22.5 Å². The molecule has 2 heterocycles. The number of hydrogen-bond acceptors (Lipinski definition) is 3. The maximum absolute atomic E-state index is 13.9. The van der Waals surface area contributed by atoms with E-state index in [-0.39, 0.29) is 17.0 Å². The molecule has 0 unspecified atom stereocenters. The van der Waals surface area contributed by atoms with Crippen molar-refractivity contribution in [2.75, 3.05) is 4.90 Å². The summed E-state index contributed by atoms with van der Waals surface area (Å²) in [6.45, 7) is 12.9. The molecule has 4 rings (SSSR count). The first-order valence-electron chi connectivity index (χ1n) is 10.7. The monoisotopic (exact) mass is 402 g/mol. The van der Waals surface area contributed by atoms with Crippen molar-refractivity contribution < 1.29 is 4.79 Å². The van der Waals surface area contributed by atoms with Gasteiger partial charge < -0.3 is 4.90 Å². The molecule has 5 heteroatoms. The van der Waals surface area contributed by atoms with E-state index in [4.69, 9.17) is 0 Å². The van der Waals surface area contributed by atoms with Gasteiger partial charge >= 0.3 is 0 Å². The van der Waals surface area contributed by atoms with Crippen LogP contribution in [0.1, 0.15) is 64.7 Å². The Hall–Kier alpha value is -2.95. The zero-order valence-corrected chi connectivity index (χ0v) is 18.7. The third-order valence-corrected chi connectivity index (χ3v) is 6.60. The van der Waals surface area contributed by atoms with Crippen molar-refractivity contribution in [3.05, 3.63) is 54.1 Å². The van der Waals surface area contributed by atoms with Gasteiger partial charge in [-0.25, -0.2) is 4.68 Å². The number of anilines is 1. The Morgan fingerprint density at radius 3 is 2.00 bits per heavy atom. The topological polar surface area (TPSA) is 51.0 Å². The molecule has 0 bridgehead atoms. The molecule has 30 heavy (non-hydrogen) atoms. The number of hydrogen-bond donors (Lipinski definition) is 0. The molecule has 0 spiro atoms. The van der Waals surface area contributed by atoms with Crippen LogP contribution in [0, 0.1) is 0 Å².